The molecule has 1 aliphatic carbocycles. The van der Waals surface area contributed by atoms with Crippen molar-refractivity contribution in [3.63, 3.8) is 0 Å². The van der Waals surface area contributed by atoms with Crippen LogP contribution in [0.5, 0.6) is 5.75 Å². The van der Waals surface area contributed by atoms with Gasteiger partial charge in [-0.3, -0.25) is 0 Å². The topological polar surface area (TPSA) is 102 Å². The Hall–Kier alpha value is -3.23. The second-order valence-corrected chi connectivity index (χ2v) is 10.9. The van der Waals surface area contributed by atoms with Crippen LogP contribution in [0.4, 0.5) is 5.69 Å². The Labute approximate surface area is 229 Å². The Morgan fingerprint density at radius 3 is 2.34 bits per heavy atom. The van der Waals surface area contributed by atoms with Crippen molar-refractivity contribution < 1.29 is 28.7 Å². The van der Waals surface area contributed by atoms with E-state index in [2.05, 4.69) is 10.1 Å². The average molecular weight is 557 g/mol. The first-order chi connectivity index (χ1) is 18.4. The third kappa shape index (κ3) is 4.39. The number of piperidine rings is 1. The zero-order valence-electron chi connectivity index (χ0n) is 20.7. The minimum absolute atomic E-state index is 0.138. The Bertz CT molecular complexity index is 1380. The molecule has 1 N–H and O–H groups in total. The quantitative estimate of drug-likeness (QED) is 0.325. The first kappa shape index (κ1) is 25.1. The summed E-state index contributed by atoms with van der Waals surface area (Å²) in [6.07, 6.45) is 4.77. The van der Waals surface area contributed by atoms with Crippen LogP contribution in [-0.4, -0.2) is 47.5 Å². The summed E-state index contributed by atoms with van der Waals surface area (Å²) in [7, 11) is 1.54. The molecule has 3 fully saturated rings. The number of ether oxygens (including phenoxy) is 2. The maximum Gasteiger partial charge on any atom is 0.344 e. The number of aromatic carboxylic acids is 1. The molecule has 2 aliphatic heterocycles. The largest absolute Gasteiger partial charge is 0.495 e. The smallest absolute Gasteiger partial charge is 0.344 e. The van der Waals surface area contributed by atoms with Gasteiger partial charge in [-0.25, -0.2) is 9.59 Å². The highest BCUT2D eigenvalue weighted by molar-refractivity contribution is 6.39. The number of carboxylic acid groups (broad SMARTS) is 1. The Kier molecular flexibility index (Phi) is 6.48. The lowest BCUT2D eigenvalue weighted by molar-refractivity contribution is 0.0202. The summed E-state index contributed by atoms with van der Waals surface area (Å²) in [5.74, 6) is -0.276. The molecule has 0 radical (unpaired) electrons. The lowest BCUT2D eigenvalue weighted by Gasteiger charge is -2.40. The van der Waals surface area contributed by atoms with Crippen molar-refractivity contribution in [2.24, 2.45) is 0 Å². The van der Waals surface area contributed by atoms with Crippen molar-refractivity contribution >= 4 is 40.8 Å². The summed E-state index contributed by atoms with van der Waals surface area (Å²) in [4.78, 5) is 27.3. The first-order valence-corrected chi connectivity index (χ1v) is 13.5. The van der Waals surface area contributed by atoms with E-state index in [0.29, 0.717) is 51.2 Å². The second-order valence-electron chi connectivity index (χ2n) is 10.1. The molecule has 3 aromatic rings. The van der Waals surface area contributed by atoms with E-state index >= 15 is 0 Å². The van der Waals surface area contributed by atoms with Crippen molar-refractivity contribution in [1.29, 1.82) is 0 Å². The van der Waals surface area contributed by atoms with Crippen molar-refractivity contribution in [1.82, 2.24) is 5.16 Å². The number of hydrogen-bond acceptors (Lipinski definition) is 7. The number of anilines is 1. The van der Waals surface area contributed by atoms with Gasteiger partial charge in [0.15, 0.2) is 5.76 Å². The first-order valence-electron chi connectivity index (χ1n) is 12.7. The molecule has 8 nitrogen and oxygen atoms in total. The lowest BCUT2D eigenvalue weighted by Crippen LogP contribution is -2.46. The number of aromatic nitrogens is 1. The summed E-state index contributed by atoms with van der Waals surface area (Å²) in [5.41, 5.74) is 2.13. The molecule has 3 heterocycles. The van der Waals surface area contributed by atoms with Gasteiger partial charge in [0.05, 0.1) is 28.4 Å². The number of hydrogen-bond donors (Lipinski definition) is 1. The van der Waals surface area contributed by atoms with Gasteiger partial charge < -0.3 is 24.0 Å². The van der Waals surface area contributed by atoms with E-state index < -0.39 is 11.9 Å². The summed E-state index contributed by atoms with van der Waals surface area (Å²) in [6.45, 7) is 0. The van der Waals surface area contributed by atoms with Crippen molar-refractivity contribution in [2.75, 3.05) is 12.0 Å². The molecule has 10 heteroatoms. The fourth-order valence-corrected chi connectivity index (χ4v) is 6.45. The van der Waals surface area contributed by atoms with Gasteiger partial charge in [0.1, 0.15) is 23.1 Å². The maximum absolute atomic E-state index is 13.6. The second kappa shape index (κ2) is 9.82. The molecule has 38 heavy (non-hydrogen) atoms. The van der Waals surface area contributed by atoms with E-state index in [0.717, 1.165) is 31.4 Å². The van der Waals surface area contributed by atoms with E-state index in [1.165, 1.54) is 0 Å². The van der Waals surface area contributed by atoms with Crippen LogP contribution in [0.2, 0.25) is 10.0 Å². The molecule has 2 aromatic carbocycles. The SMILES string of the molecule is COc1cc(C(=O)O)ccc1N1[C@@H]2CC[C@H]1C[C@H](OC(=O)c1c(-c3c(Cl)cccc3Cl)noc1C1CC1)C2. The number of carbonyl (C=O) groups excluding carboxylic acids is 1. The molecule has 1 saturated carbocycles. The number of nitrogens with zero attached hydrogens (tertiary/aromatic N) is 2. The number of fused-ring (bicyclic) bond motifs is 2. The highest BCUT2D eigenvalue weighted by Crippen LogP contribution is 2.47. The Morgan fingerprint density at radius 1 is 1.05 bits per heavy atom. The molecule has 198 valence electrons. The van der Waals surface area contributed by atoms with Crippen LogP contribution in [0, 0.1) is 0 Å². The number of methoxy groups -OCH3 is 1. The predicted octanol–water partition coefficient (Wildman–Crippen LogP) is 6.59. The fraction of sp³-hybridized carbons (Fsp3) is 0.393. The average Bonchev–Trinajstić information content (AvgIpc) is 3.59. The van der Waals surface area contributed by atoms with E-state index in [4.69, 9.17) is 37.2 Å². The van der Waals surface area contributed by atoms with E-state index in [-0.39, 0.29) is 29.7 Å². The standard InChI is InChI=1S/C28H26Cl2N2O6/c1-36-22-11-15(27(33)34)7-10-21(22)32-16-8-9-17(32)13-18(12-16)37-28(35)24-25(31-38-26(24)14-5-6-14)23-19(29)3-2-4-20(23)30/h2-4,7,10-11,14,16-18H,5-6,8-9,12-13H2,1H3,(H,33,34)/t16-,17+,18-. The number of halogens is 2. The normalized spacial score (nSPS) is 22.4. The molecular weight excluding hydrogens is 531 g/mol. The summed E-state index contributed by atoms with van der Waals surface area (Å²) >= 11 is 12.9. The van der Waals surface area contributed by atoms with Crippen LogP contribution in [0.15, 0.2) is 40.9 Å². The third-order valence-electron chi connectivity index (χ3n) is 7.74. The fourth-order valence-electron chi connectivity index (χ4n) is 5.87. The van der Waals surface area contributed by atoms with E-state index in [9.17, 15) is 14.7 Å². The molecule has 2 bridgehead atoms. The monoisotopic (exact) mass is 556 g/mol. The molecule has 3 atom stereocenters. The highest BCUT2D eigenvalue weighted by atomic mass is 35.5. The van der Waals surface area contributed by atoms with Gasteiger partial charge in [-0.2, -0.15) is 0 Å². The van der Waals surface area contributed by atoms with Crippen LogP contribution in [0.3, 0.4) is 0 Å². The van der Waals surface area contributed by atoms with Crippen LogP contribution in [-0.2, 0) is 4.74 Å². The van der Waals surface area contributed by atoms with E-state index in [1.54, 1.807) is 43.5 Å². The molecule has 2 saturated heterocycles. The van der Waals surface area contributed by atoms with Gasteiger partial charge in [-0.05, 0) is 56.0 Å². The van der Waals surface area contributed by atoms with Crippen LogP contribution >= 0.6 is 23.2 Å². The van der Waals surface area contributed by atoms with Gasteiger partial charge in [-0.15, -0.1) is 0 Å². The zero-order chi connectivity index (χ0) is 26.6. The van der Waals surface area contributed by atoms with Gasteiger partial charge in [0, 0.05) is 36.4 Å². The number of carbonyl (C=O) groups is 2. The van der Waals surface area contributed by atoms with Crippen LogP contribution in [0.25, 0.3) is 11.3 Å². The molecule has 6 rings (SSSR count). The number of rotatable bonds is 7. The summed E-state index contributed by atoms with van der Waals surface area (Å²) in [6, 6.07) is 10.4. The zero-order valence-corrected chi connectivity index (χ0v) is 22.2. The van der Waals surface area contributed by atoms with E-state index in [1.807, 2.05) is 0 Å². The highest BCUT2D eigenvalue weighted by Gasteiger charge is 2.44. The molecule has 3 aliphatic rings. The van der Waals surface area contributed by atoms with Crippen LogP contribution < -0.4 is 9.64 Å². The van der Waals surface area contributed by atoms with Crippen molar-refractivity contribution in [3.05, 3.63) is 63.3 Å². The number of benzene rings is 2. The van der Waals surface area contributed by atoms with Gasteiger partial charge in [-0.1, -0.05) is 34.4 Å². The Morgan fingerprint density at radius 2 is 1.74 bits per heavy atom. The van der Waals surface area contributed by atoms with Crippen molar-refractivity contribution in [2.45, 2.75) is 62.6 Å². The molecular formula is C28H26Cl2N2O6. The summed E-state index contributed by atoms with van der Waals surface area (Å²) < 4.78 is 17.3. The minimum Gasteiger partial charge on any atom is -0.495 e. The number of esters is 1. The lowest BCUT2D eigenvalue weighted by atomic mass is 9.97. The number of carboxylic acids is 1. The van der Waals surface area contributed by atoms with Gasteiger partial charge in [0.25, 0.3) is 0 Å². The van der Waals surface area contributed by atoms with Gasteiger partial charge >= 0.3 is 11.9 Å². The Balaban J connectivity index is 1.25. The molecule has 0 unspecified atom stereocenters. The van der Waals surface area contributed by atoms with Gasteiger partial charge in [0.2, 0.25) is 0 Å². The van der Waals surface area contributed by atoms with Crippen LogP contribution in [0.1, 0.15) is 70.9 Å². The maximum atomic E-state index is 13.6. The molecule has 1 aromatic heterocycles. The summed E-state index contributed by atoms with van der Waals surface area (Å²) in [5, 5.41) is 14.3. The van der Waals surface area contributed by atoms with Crippen molar-refractivity contribution in [3.8, 4) is 17.0 Å². The minimum atomic E-state index is -1.000. The predicted molar refractivity (Wildman–Crippen MR) is 142 cm³/mol. The molecule has 0 spiro atoms. The molecule has 0 amide bonds. The third-order valence-corrected chi connectivity index (χ3v) is 8.37.